The van der Waals surface area contributed by atoms with Crippen molar-refractivity contribution in [1.82, 2.24) is 25.8 Å². The average Bonchev–Trinajstić information content (AvgIpc) is 3.34. The Morgan fingerprint density at radius 3 is 2.09 bits per heavy atom. The number of aromatic nitrogens is 1. The van der Waals surface area contributed by atoms with E-state index in [1.165, 1.54) is 4.90 Å². The number of pyridine rings is 1. The number of nitrogens with zero attached hydrogens (tertiary/aromatic N) is 2. The Hall–Kier alpha value is -4.48. The van der Waals surface area contributed by atoms with Crippen LogP contribution in [0.3, 0.4) is 0 Å². The van der Waals surface area contributed by atoms with Gasteiger partial charge in [-0.05, 0) is 42.4 Å². The van der Waals surface area contributed by atoms with Crippen molar-refractivity contribution in [3.8, 4) is 0 Å². The average molecular weight is 596 g/mol. The highest BCUT2D eigenvalue weighted by Crippen LogP contribution is 2.14. The van der Waals surface area contributed by atoms with Crippen LogP contribution in [0.25, 0.3) is 0 Å². The summed E-state index contributed by atoms with van der Waals surface area (Å²) in [7, 11) is 0. The zero-order chi connectivity index (χ0) is 31.4. The van der Waals surface area contributed by atoms with Crippen LogP contribution in [0.4, 0.5) is 9.59 Å². The summed E-state index contributed by atoms with van der Waals surface area (Å²) in [5.41, 5.74) is 1.36. The molecule has 3 rings (SSSR count). The fourth-order valence-electron chi connectivity index (χ4n) is 4.58. The van der Waals surface area contributed by atoms with Crippen LogP contribution in [0, 0.1) is 11.8 Å². The minimum Gasteiger partial charge on any atom is -0.445 e. The van der Waals surface area contributed by atoms with Crippen LogP contribution in [0.5, 0.6) is 0 Å². The summed E-state index contributed by atoms with van der Waals surface area (Å²) in [6.45, 7) is 7.33. The first-order valence-corrected chi connectivity index (χ1v) is 14.4. The van der Waals surface area contributed by atoms with E-state index >= 15 is 0 Å². The van der Waals surface area contributed by atoms with E-state index in [4.69, 9.17) is 9.47 Å². The van der Waals surface area contributed by atoms with Gasteiger partial charge in [-0.15, -0.1) is 0 Å². The fourth-order valence-corrected chi connectivity index (χ4v) is 4.58. The summed E-state index contributed by atoms with van der Waals surface area (Å²) in [4.78, 5) is 69.7. The number of ketones is 1. The number of hydrogen-bond donors (Lipinski definition) is 3. The molecule has 3 atom stereocenters. The maximum absolute atomic E-state index is 13.4. The molecule has 1 aromatic carbocycles. The van der Waals surface area contributed by atoms with E-state index in [0.29, 0.717) is 18.5 Å². The second kappa shape index (κ2) is 16.2. The Morgan fingerprint density at radius 1 is 0.860 bits per heavy atom. The van der Waals surface area contributed by atoms with Crippen molar-refractivity contribution in [1.29, 1.82) is 0 Å². The number of carbonyl (C=O) groups excluding carboxylic acids is 5. The quantitative estimate of drug-likeness (QED) is 0.319. The third kappa shape index (κ3) is 11.0. The van der Waals surface area contributed by atoms with Crippen LogP contribution >= 0.6 is 0 Å². The maximum Gasteiger partial charge on any atom is 0.408 e. The molecule has 1 saturated heterocycles. The maximum atomic E-state index is 13.4. The summed E-state index contributed by atoms with van der Waals surface area (Å²) in [6, 6.07) is 11.6. The lowest BCUT2D eigenvalue weighted by atomic mass is 10.0. The molecule has 43 heavy (non-hydrogen) atoms. The Balaban J connectivity index is 1.57. The number of nitrogens with one attached hydrogen (secondary N) is 3. The molecule has 1 aromatic heterocycles. The molecule has 3 N–H and O–H groups in total. The van der Waals surface area contributed by atoms with E-state index in [1.54, 1.807) is 24.4 Å². The van der Waals surface area contributed by atoms with Gasteiger partial charge in [0.15, 0.2) is 5.78 Å². The highest BCUT2D eigenvalue weighted by Gasteiger charge is 2.39. The largest absolute Gasteiger partial charge is 0.445 e. The van der Waals surface area contributed by atoms with Crippen LogP contribution in [0.2, 0.25) is 0 Å². The second-order valence-electron chi connectivity index (χ2n) is 11.4. The predicted molar refractivity (Wildman–Crippen MR) is 157 cm³/mol. The van der Waals surface area contributed by atoms with Gasteiger partial charge in [0.1, 0.15) is 31.3 Å². The molecule has 0 bridgehead atoms. The van der Waals surface area contributed by atoms with E-state index in [-0.39, 0.29) is 43.9 Å². The van der Waals surface area contributed by atoms with Crippen LogP contribution in [-0.4, -0.2) is 70.9 Å². The molecule has 232 valence electrons. The van der Waals surface area contributed by atoms with Gasteiger partial charge in [-0.1, -0.05) is 64.1 Å². The van der Waals surface area contributed by atoms with E-state index in [1.807, 2.05) is 58.0 Å². The number of rotatable bonds is 13. The van der Waals surface area contributed by atoms with E-state index < -0.39 is 42.1 Å². The van der Waals surface area contributed by atoms with E-state index in [2.05, 4.69) is 20.9 Å². The molecule has 12 heteroatoms. The smallest absolute Gasteiger partial charge is 0.408 e. The lowest BCUT2D eigenvalue weighted by Crippen LogP contribution is -2.53. The summed E-state index contributed by atoms with van der Waals surface area (Å²) in [5.74, 6) is -1.23. The Bertz CT molecular complexity index is 1240. The molecule has 1 aliphatic rings. The van der Waals surface area contributed by atoms with Gasteiger partial charge in [-0.2, -0.15) is 0 Å². The minimum absolute atomic E-state index is 0.0448. The van der Waals surface area contributed by atoms with Gasteiger partial charge in [-0.25, -0.2) is 9.59 Å². The molecule has 1 aliphatic heterocycles. The number of amides is 4. The van der Waals surface area contributed by atoms with Crippen molar-refractivity contribution in [2.24, 2.45) is 11.8 Å². The van der Waals surface area contributed by atoms with Gasteiger partial charge in [0, 0.05) is 12.7 Å². The second-order valence-corrected chi connectivity index (χ2v) is 11.4. The zero-order valence-electron chi connectivity index (χ0n) is 25.1. The van der Waals surface area contributed by atoms with Crippen LogP contribution in [0.1, 0.15) is 51.8 Å². The Labute approximate surface area is 251 Å². The van der Waals surface area contributed by atoms with Gasteiger partial charge >= 0.3 is 12.2 Å². The molecular formula is C31H41N5O7. The molecule has 4 amide bonds. The molecule has 0 aliphatic carbocycles. The lowest BCUT2D eigenvalue weighted by molar-refractivity contribution is -0.134. The summed E-state index contributed by atoms with van der Waals surface area (Å²) >= 11 is 0. The van der Waals surface area contributed by atoms with Crippen molar-refractivity contribution in [3.05, 3.63) is 66.0 Å². The first kappa shape index (κ1) is 33.0. The first-order chi connectivity index (χ1) is 20.5. The molecule has 0 radical (unpaired) electrons. The summed E-state index contributed by atoms with van der Waals surface area (Å²) < 4.78 is 10.5. The third-order valence-corrected chi connectivity index (χ3v) is 6.67. The van der Waals surface area contributed by atoms with Gasteiger partial charge in [0.05, 0.1) is 12.2 Å². The third-order valence-electron chi connectivity index (χ3n) is 6.67. The van der Waals surface area contributed by atoms with Crippen LogP contribution in [-0.2, 0) is 37.1 Å². The van der Waals surface area contributed by atoms with Crippen molar-refractivity contribution in [2.45, 2.75) is 71.9 Å². The molecule has 1 unspecified atom stereocenters. The van der Waals surface area contributed by atoms with Gasteiger partial charge in [0.25, 0.3) is 0 Å². The van der Waals surface area contributed by atoms with Gasteiger partial charge in [0.2, 0.25) is 11.8 Å². The molecule has 0 spiro atoms. The number of hydrogen-bond acceptors (Lipinski definition) is 8. The Morgan fingerprint density at radius 2 is 1.47 bits per heavy atom. The number of ether oxygens (including phenoxy) is 2. The molecule has 0 saturated carbocycles. The monoisotopic (exact) mass is 595 g/mol. The molecular weight excluding hydrogens is 554 g/mol. The Kier molecular flexibility index (Phi) is 12.5. The van der Waals surface area contributed by atoms with E-state index in [9.17, 15) is 24.0 Å². The number of Topliss-reactive ketones (excluding diaryl/α,β-unsaturated/α-hetero) is 1. The SMILES string of the molecule is CC(C)C[C@H](NC(=O)OCc1ccccc1)C(=O)NC1CN(C(=O)[C@H](CC(C)C)NC(=O)OCc2ccccn2)CC1=O. The topological polar surface area (TPSA) is 156 Å². The number of benzene rings is 1. The van der Waals surface area contributed by atoms with Crippen LogP contribution < -0.4 is 16.0 Å². The first-order valence-electron chi connectivity index (χ1n) is 14.4. The van der Waals surface area contributed by atoms with Crippen molar-refractivity contribution < 1.29 is 33.4 Å². The molecule has 2 aromatic rings. The molecule has 2 heterocycles. The van der Waals surface area contributed by atoms with E-state index in [0.717, 1.165) is 5.56 Å². The fraction of sp³-hybridized carbons (Fsp3) is 0.484. The van der Waals surface area contributed by atoms with Crippen molar-refractivity contribution in [2.75, 3.05) is 13.1 Å². The summed E-state index contributed by atoms with van der Waals surface area (Å²) in [6.07, 6.45) is 0.695. The lowest BCUT2D eigenvalue weighted by Gasteiger charge is -2.25. The predicted octanol–water partition coefficient (Wildman–Crippen LogP) is 2.96. The number of carbonyl (C=O) groups is 5. The van der Waals surface area contributed by atoms with Gasteiger partial charge < -0.3 is 30.3 Å². The summed E-state index contributed by atoms with van der Waals surface area (Å²) in [5, 5.41) is 7.89. The molecule has 12 nitrogen and oxygen atoms in total. The standard InChI is InChI=1S/C31H41N5O7/c1-20(2)14-24(34-30(40)42-18-22-10-6-5-7-11-22)28(38)33-26-16-36(17-27(26)37)29(39)25(15-21(3)4)35-31(41)43-19-23-12-8-9-13-32-23/h5-13,20-21,24-26H,14-19H2,1-4H3,(H,33,38)(H,34,40)(H,35,41)/t24-,25-,26?/m0/s1. The van der Waals surface area contributed by atoms with Crippen molar-refractivity contribution >= 4 is 29.8 Å². The minimum atomic E-state index is -0.955. The van der Waals surface area contributed by atoms with Gasteiger partial charge in [-0.3, -0.25) is 19.4 Å². The van der Waals surface area contributed by atoms with Crippen LogP contribution in [0.15, 0.2) is 54.7 Å². The molecule has 1 fully saturated rings. The normalized spacial score (nSPS) is 16.0. The number of likely N-dealkylation sites (tertiary alicyclic amines) is 1. The highest BCUT2D eigenvalue weighted by atomic mass is 16.6. The zero-order valence-corrected chi connectivity index (χ0v) is 25.1. The number of alkyl carbamates (subject to hydrolysis) is 2. The van der Waals surface area contributed by atoms with Crippen molar-refractivity contribution in [3.63, 3.8) is 0 Å². The highest BCUT2D eigenvalue weighted by molar-refractivity contribution is 5.98.